The molecule has 0 bridgehead atoms. The summed E-state index contributed by atoms with van der Waals surface area (Å²) in [6.07, 6.45) is -1.98. The molecule has 0 unspecified atom stereocenters. The van der Waals surface area contributed by atoms with Crippen LogP contribution in [0.4, 0.5) is 9.59 Å². The first-order valence-electron chi connectivity index (χ1n) is 4.42. The van der Waals surface area contributed by atoms with E-state index >= 15 is 0 Å². The molecule has 0 spiro atoms. The van der Waals surface area contributed by atoms with Crippen LogP contribution in [-0.4, -0.2) is 57.4 Å². The molecular formula is C8H14N2O4. The summed E-state index contributed by atoms with van der Waals surface area (Å²) in [6.45, 7) is 3.90. The van der Waals surface area contributed by atoms with E-state index in [0.29, 0.717) is 0 Å². The Hall–Kier alpha value is -1.46. The lowest BCUT2D eigenvalue weighted by molar-refractivity contribution is 0.0414. The van der Waals surface area contributed by atoms with E-state index in [0.717, 1.165) is 0 Å². The van der Waals surface area contributed by atoms with Crippen molar-refractivity contribution in [1.29, 1.82) is 0 Å². The van der Waals surface area contributed by atoms with Gasteiger partial charge in [-0.1, -0.05) is 0 Å². The topological polar surface area (TPSA) is 81.1 Å². The van der Waals surface area contributed by atoms with Gasteiger partial charge in [-0.25, -0.2) is 9.59 Å². The quantitative estimate of drug-likeness (QED) is 0.607. The van der Waals surface area contributed by atoms with E-state index in [2.05, 4.69) is 0 Å². The van der Waals surface area contributed by atoms with Crippen LogP contribution in [0.1, 0.15) is 13.8 Å². The molecule has 1 heterocycles. The molecule has 2 amide bonds. The highest BCUT2D eigenvalue weighted by Crippen LogP contribution is 2.15. The highest BCUT2D eigenvalue weighted by atomic mass is 16.4. The Kier molecular flexibility index (Phi) is 2.83. The maximum atomic E-state index is 10.8. The van der Waals surface area contributed by atoms with Gasteiger partial charge in [0, 0.05) is 13.1 Å². The van der Waals surface area contributed by atoms with Crippen molar-refractivity contribution in [2.75, 3.05) is 13.1 Å². The lowest BCUT2D eigenvalue weighted by Crippen LogP contribution is -2.59. The molecule has 6 heteroatoms. The summed E-state index contributed by atoms with van der Waals surface area (Å²) in [4.78, 5) is 24.0. The van der Waals surface area contributed by atoms with E-state index in [1.54, 1.807) is 13.8 Å². The fourth-order valence-corrected chi connectivity index (χ4v) is 1.86. The number of amides is 2. The average molecular weight is 202 g/mol. The summed E-state index contributed by atoms with van der Waals surface area (Å²) >= 11 is 0. The van der Waals surface area contributed by atoms with E-state index in [-0.39, 0.29) is 25.2 Å². The maximum absolute atomic E-state index is 10.8. The summed E-state index contributed by atoms with van der Waals surface area (Å²) in [5, 5.41) is 17.6. The van der Waals surface area contributed by atoms with Crippen molar-refractivity contribution in [1.82, 2.24) is 9.80 Å². The van der Waals surface area contributed by atoms with Crippen LogP contribution in [0.3, 0.4) is 0 Å². The first-order chi connectivity index (χ1) is 6.43. The monoisotopic (exact) mass is 202 g/mol. The fourth-order valence-electron chi connectivity index (χ4n) is 1.86. The van der Waals surface area contributed by atoms with Gasteiger partial charge in [-0.05, 0) is 13.8 Å². The third-order valence-corrected chi connectivity index (χ3v) is 2.41. The molecule has 1 aliphatic heterocycles. The SMILES string of the molecule is C[C@@H]1CN(C(=O)O)C[C@H](C)N1C(=O)O. The van der Waals surface area contributed by atoms with Crippen molar-refractivity contribution < 1.29 is 19.8 Å². The van der Waals surface area contributed by atoms with Gasteiger partial charge in [-0.15, -0.1) is 0 Å². The van der Waals surface area contributed by atoms with Crippen LogP contribution in [0.2, 0.25) is 0 Å². The first-order valence-corrected chi connectivity index (χ1v) is 4.42. The number of carbonyl (C=O) groups is 2. The Morgan fingerprint density at radius 3 is 1.79 bits per heavy atom. The minimum absolute atomic E-state index is 0.242. The zero-order chi connectivity index (χ0) is 10.9. The van der Waals surface area contributed by atoms with Gasteiger partial charge >= 0.3 is 12.2 Å². The Morgan fingerprint density at radius 1 is 1.07 bits per heavy atom. The van der Waals surface area contributed by atoms with Crippen molar-refractivity contribution in [3.05, 3.63) is 0 Å². The Morgan fingerprint density at radius 2 is 1.50 bits per heavy atom. The van der Waals surface area contributed by atoms with Gasteiger partial charge in [-0.2, -0.15) is 0 Å². The minimum atomic E-state index is -0.992. The van der Waals surface area contributed by atoms with Crippen LogP contribution < -0.4 is 0 Å². The highest BCUT2D eigenvalue weighted by molar-refractivity contribution is 5.68. The molecule has 1 saturated heterocycles. The predicted octanol–water partition coefficient (Wildman–Crippen LogP) is 0.737. The number of nitrogens with zero attached hydrogens (tertiary/aromatic N) is 2. The maximum Gasteiger partial charge on any atom is 0.407 e. The molecule has 1 rings (SSSR count). The average Bonchev–Trinajstić information content (AvgIpc) is 2.01. The van der Waals surface area contributed by atoms with E-state index in [1.807, 2.05) is 0 Å². The van der Waals surface area contributed by atoms with E-state index in [4.69, 9.17) is 10.2 Å². The highest BCUT2D eigenvalue weighted by Gasteiger charge is 2.34. The molecule has 14 heavy (non-hydrogen) atoms. The molecule has 6 nitrogen and oxygen atoms in total. The van der Waals surface area contributed by atoms with Crippen LogP contribution in [0.15, 0.2) is 0 Å². The van der Waals surface area contributed by atoms with Crippen LogP contribution >= 0.6 is 0 Å². The number of carboxylic acid groups (broad SMARTS) is 2. The molecule has 0 aromatic rings. The molecule has 80 valence electrons. The number of hydrogen-bond donors (Lipinski definition) is 2. The Balaban J connectivity index is 2.72. The summed E-state index contributed by atoms with van der Waals surface area (Å²) in [5.41, 5.74) is 0. The van der Waals surface area contributed by atoms with Gasteiger partial charge in [0.2, 0.25) is 0 Å². The van der Waals surface area contributed by atoms with Crippen LogP contribution in [-0.2, 0) is 0 Å². The standard InChI is InChI=1S/C8H14N2O4/c1-5-3-9(7(11)12)4-6(2)10(5)8(13)14/h5-6H,3-4H2,1-2H3,(H,11,12)(H,13,14)/t5-,6+. The normalized spacial score (nSPS) is 27.6. The number of piperazine rings is 1. The lowest BCUT2D eigenvalue weighted by atomic mass is 10.1. The molecule has 2 atom stereocenters. The van der Waals surface area contributed by atoms with E-state index in [1.165, 1.54) is 9.80 Å². The fraction of sp³-hybridized carbons (Fsp3) is 0.750. The van der Waals surface area contributed by atoms with Crippen LogP contribution in [0.5, 0.6) is 0 Å². The zero-order valence-corrected chi connectivity index (χ0v) is 8.17. The van der Waals surface area contributed by atoms with Gasteiger partial charge in [0.15, 0.2) is 0 Å². The molecule has 0 radical (unpaired) electrons. The van der Waals surface area contributed by atoms with Crippen LogP contribution in [0, 0.1) is 0 Å². The summed E-state index contributed by atoms with van der Waals surface area (Å²) in [5.74, 6) is 0. The largest absolute Gasteiger partial charge is 0.465 e. The molecule has 1 fully saturated rings. The van der Waals surface area contributed by atoms with Gasteiger partial charge in [0.25, 0.3) is 0 Å². The van der Waals surface area contributed by atoms with Crippen molar-refractivity contribution in [2.24, 2.45) is 0 Å². The summed E-state index contributed by atoms with van der Waals surface area (Å²) in [6, 6.07) is -0.570. The van der Waals surface area contributed by atoms with Crippen molar-refractivity contribution in [2.45, 2.75) is 25.9 Å². The molecular weight excluding hydrogens is 188 g/mol. The second kappa shape index (κ2) is 3.73. The number of hydrogen-bond acceptors (Lipinski definition) is 2. The van der Waals surface area contributed by atoms with E-state index < -0.39 is 12.2 Å². The molecule has 0 aliphatic carbocycles. The predicted molar refractivity (Wildman–Crippen MR) is 48.4 cm³/mol. The van der Waals surface area contributed by atoms with Crippen molar-refractivity contribution >= 4 is 12.2 Å². The van der Waals surface area contributed by atoms with Crippen molar-refractivity contribution in [3.63, 3.8) is 0 Å². The summed E-state index contributed by atoms with van der Waals surface area (Å²) < 4.78 is 0. The molecule has 0 saturated carbocycles. The third-order valence-electron chi connectivity index (χ3n) is 2.41. The Bertz CT molecular complexity index is 244. The van der Waals surface area contributed by atoms with E-state index in [9.17, 15) is 9.59 Å². The molecule has 2 N–H and O–H groups in total. The second-order valence-electron chi connectivity index (χ2n) is 3.58. The third kappa shape index (κ3) is 1.89. The molecule has 1 aliphatic rings. The van der Waals surface area contributed by atoms with Crippen LogP contribution in [0.25, 0.3) is 0 Å². The van der Waals surface area contributed by atoms with Gasteiger partial charge in [0.1, 0.15) is 0 Å². The van der Waals surface area contributed by atoms with Crippen molar-refractivity contribution in [3.8, 4) is 0 Å². The first kappa shape index (κ1) is 10.6. The minimum Gasteiger partial charge on any atom is -0.465 e. The molecule has 0 aromatic heterocycles. The van der Waals surface area contributed by atoms with Gasteiger partial charge in [-0.3, -0.25) is 4.90 Å². The Labute approximate surface area is 81.7 Å². The molecule has 0 aromatic carbocycles. The zero-order valence-electron chi connectivity index (χ0n) is 8.17. The van der Waals surface area contributed by atoms with Gasteiger partial charge in [0.05, 0.1) is 12.1 Å². The lowest BCUT2D eigenvalue weighted by Gasteiger charge is -2.41. The van der Waals surface area contributed by atoms with Gasteiger partial charge < -0.3 is 15.1 Å². The second-order valence-corrected chi connectivity index (χ2v) is 3.58. The smallest absolute Gasteiger partial charge is 0.407 e. The number of rotatable bonds is 0. The summed E-state index contributed by atoms with van der Waals surface area (Å²) in [7, 11) is 0.